The van der Waals surface area contributed by atoms with Gasteiger partial charge in [-0.3, -0.25) is 9.59 Å². The van der Waals surface area contributed by atoms with Crippen LogP contribution in [0.1, 0.15) is 83.4 Å². The number of phenols is 1. The molecular formula is C68H59BrF2N2O7. The van der Waals surface area contributed by atoms with Gasteiger partial charge in [-0.1, -0.05) is 168 Å². The van der Waals surface area contributed by atoms with Crippen molar-refractivity contribution in [3.63, 3.8) is 0 Å². The van der Waals surface area contributed by atoms with Gasteiger partial charge in [0, 0.05) is 27.0 Å². The van der Waals surface area contributed by atoms with Gasteiger partial charge in [-0.15, -0.1) is 0 Å². The number of nitrogens with zero attached hydrogens (tertiary/aromatic N) is 2. The van der Waals surface area contributed by atoms with Crippen molar-refractivity contribution in [3.8, 4) is 28.4 Å². The van der Waals surface area contributed by atoms with Crippen LogP contribution in [0, 0.1) is 23.5 Å². The van der Waals surface area contributed by atoms with Crippen LogP contribution < -0.4 is 19.3 Å². The van der Waals surface area contributed by atoms with E-state index in [1.54, 1.807) is 47.4 Å². The second-order valence-corrected chi connectivity index (χ2v) is 20.9. The molecule has 0 unspecified atom stereocenters. The molecule has 3 N–H and O–H groups in total. The lowest BCUT2D eigenvalue weighted by Crippen LogP contribution is -2.55. The fourth-order valence-corrected chi connectivity index (χ4v) is 11.0. The summed E-state index contributed by atoms with van der Waals surface area (Å²) in [6.07, 6.45) is 0.0678. The summed E-state index contributed by atoms with van der Waals surface area (Å²) >= 11 is 3.56. The van der Waals surface area contributed by atoms with Crippen LogP contribution in [0.25, 0.3) is 11.1 Å². The number of carbonyl (C=O) groups excluding carboxylic acids is 2. The molecule has 9 nitrogen and oxygen atoms in total. The van der Waals surface area contributed by atoms with Gasteiger partial charge in [0.2, 0.25) is 11.8 Å². The maximum Gasteiger partial charge on any atom is 0.233 e. The van der Waals surface area contributed by atoms with Crippen LogP contribution in [-0.4, -0.2) is 27.1 Å². The summed E-state index contributed by atoms with van der Waals surface area (Å²) in [5.74, 6) is 0.105. The Bertz CT molecular complexity index is 3510. The molecule has 2 fully saturated rings. The van der Waals surface area contributed by atoms with Gasteiger partial charge in [0.1, 0.15) is 42.1 Å². The van der Waals surface area contributed by atoms with Crippen LogP contribution in [0.5, 0.6) is 17.2 Å². The lowest BCUT2D eigenvalue weighted by Gasteiger charge is -2.48. The zero-order valence-corrected chi connectivity index (χ0v) is 45.2. The first kappa shape index (κ1) is 54.9. The average Bonchev–Trinajstić information content (AvgIpc) is 3.66. The van der Waals surface area contributed by atoms with Crippen molar-refractivity contribution in [2.75, 3.05) is 9.80 Å². The Morgan fingerprint density at radius 2 is 0.875 bits per heavy atom. The number of phenolic OH excluding ortho intramolecular Hbond substituents is 1. The molecule has 2 aliphatic heterocycles. The van der Waals surface area contributed by atoms with Crippen molar-refractivity contribution >= 4 is 39.1 Å². The van der Waals surface area contributed by atoms with E-state index in [0.717, 1.165) is 49.2 Å². The Morgan fingerprint density at radius 1 is 0.463 bits per heavy atom. The minimum atomic E-state index is -0.818. The summed E-state index contributed by atoms with van der Waals surface area (Å²) in [6.45, 7) is 0.752. The topological polar surface area (TPSA) is 120 Å². The predicted molar refractivity (Wildman–Crippen MR) is 311 cm³/mol. The zero-order valence-electron chi connectivity index (χ0n) is 43.6. The van der Waals surface area contributed by atoms with Gasteiger partial charge >= 0.3 is 0 Å². The van der Waals surface area contributed by atoms with E-state index in [2.05, 4.69) is 15.9 Å². The number of amides is 2. The molecule has 0 saturated carbocycles. The van der Waals surface area contributed by atoms with Crippen LogP contribution in [0.3, 0.4) is 0 Å². The summed E-state index contributed by atoms with van der Waals surface area (Å²) in [4.78, 5) is 30.7. The summed E-state index contributed by atoms with van der Waals surface area (Å²) < 4.78 is 40.4. The maximum absolute atomic E-state index is 13.7. The molecule has 0 aromatic heterocycles. The van der Waals surface area contributed by atoms with E-state index in [-0.39, 0.29) is 53.1 Å². The number of rotatable bonds is 19. The van der Waals surface area contributed by atoms with E-state index in [4.69, 9.17) is 9.47 Å². The zero-order chi connectivity index (χ0) is 55.5. The van der Waals surface area contributed by atoms with Crippen molar-refractivity contribution in [2.45, 2.75) is 63.2 Å². The first-order valence-corrected chi connectivity index (χ1v) is 27.5. The third-order valence-electron chi connectivity index (χ3n) is 14.8. The molecule has 9 aromatic carbocycles. The van der Waals surface area contributed by atoms with Gasteiger partial charge in [-0.25, -0.2) is 8.78 Å². The first-order valence-electron chi connectivity index (χ1n) is 26.7. The summed E-state index contributed by atoms with van der Waals surface area (Å²) in [7, 11) is 0. The number of halogens is 3. The normalized spacial score (nSPS) is 17.3. The summed E-state index contributed by atoms with van der Waals surface area (Å²) in [5, 5.41) is 31.7. The Balaban J connectivity index is 0.000000182. The van der Waals surface area contributed by atoms with Gasteiger partial charge in [0.25, 0.3) is 0 Å². The number of para-hydroxylation sites is 2. The fourth-order valence-electron chi connectivity index (χ4n) is 10.6. The minimum absolute atomic E-state index is 0.0134. The third-order valence-corrected chi connectivity index (χ3v) is 15.3. The molecule has 0 aliphatic carbocycles. The van der Waals surface area contributed by atoms with Crippen LogP contribution in [-0.2, 0) is 22.8 Å². The van der Waals surface area contributed by atoms with E-state index in [0.29, 0.717) is 61.5 Å². The van der Waals surface area contributed by atoms with E-state index in [1.807, 2.05) is 169 Å². The highest BCUT2D eigenvalue weighted by atomic mass is 79.9. The second kappa shape index (κ2) is 25.6. The van der Waals surface area contributed by atoms with Gasteiger partial charge in [0.05, 0.1) is 36.1 Å². The van der Waals surface area contributed by atoms with Crippen LogP contribution in [0.15, 0.2) is 235 Å². The minimum Gasteiger partial charge on any atom is -0.508 e. The molecule has 0 radical (unpaired) electrons. The van der Waals surface area contributed by atoms with Crippen LogP contribution >= 0.6 is 15.9 Å². The highest BCUT2D eigenvalue weighted by molar-refractivity contribution is 9.10. The molecule has 12 heteroatoms. The summed E-state index contributed by atoms with van der Waals surface area (Å²) in [6, 6.07) is 69.0. The number of β-lactam (4-membered cyclic amide) rings is 2. The number of hydrogen-bond donors (Lipinski definition) is 3. The van der Waals surface area contributed by atoms with Crippen molar-refractivity contribution in [2.24, 2.45) is 11.8 Å². The monoisotopic (exact) mass is 1130 g/mol. The molecule has 6 atom stereocenters. The van der Waals surface area contributed by atoms with Gasteiger partial charge in [-0.2, -0.15) is 0 Å². The van der Waals surface area contributed by atoms with Gasteiger partial charge in [0.15, 0.2) is 0 Å². The van der Waals surface area contributed by atoms with Crippen LogP contribution in [0.4, 0.5) is 20.2 Å². The molecule has 404 valence electrons. The molecule has 11 rings (SSSR count). The molecule has 0 spiro atoms. The Labute approximate surface area is 473 Å². The molecule has 80 heavy (non-hydrogen) atoms. The van der Waals surface area contributed by atoms with Gasteiger partial charge < -0.3 is 34.6 Å². The fraction of sp³-hybridized carbons (Fsp3) is 0.176. The van der Waals surface area contributed by atoms with Crippen molar-refractivity contribution in [3.05, 3.63) is 280 Å². The number of aliphatic hydroxyl groups is 2. The molecule has 2 saturated heterocycles. The van der Waals surface area contributed by atoms with E-state index in [9.17, 15) is 33.7 Å². The van der Waals surface area contributed by atoms with Gasteiger partial charge in [-0.05, 0) is 138 Å². The van der Waals surface area contributed by atoms with E-state index in [1.165, 1.54) is 24.3 Å². The Hall–Kier alpha value is -8.42. The lowest BCUT2D eigenvalue weighted by molar-refractivity contribution is -0.131. The molecule has 2 amide bonds. The lowest BCUT2D eigenvalue weighted by atomic mass is 9.77. The second-order valence-electron chi connectivity index (χ2n) is 20.0. The van der Waals surface area contributed by atoms with Crippen molar-refractivity contribution < 1.29 is 43.2 Å². The maximum atomic E-state index is 13.7. The molecule has 9 aromatic rings. The summed E-state index contributed by atoms with van der Waals surface area (Å²) in [5.41, 5.74) is 8.45. The highest BCUT2D eigenvalue weighted by Gasteiger charge is 2.51. The molecular weight excluding hydrogens is 1070 g/mol. The first-order chi connectivity index (χ1) is 39.0. The molecule has 2 aliphatic rings. The molecule has 0 bridgehead atoms. The largest absolute Gasteiger partial charge is 0.508 e. The van der Waals surface area contributed by atoms with Crippen molar-refractivity contribution in [1.82, 2.24) is 0 Å². The number of benzene rings is 9. The predicted octanol–water partition coefficient (Wildman–Crippen LogP) is 15.4. The number of aliphatic hydroxyl groups excluding tert-OH is 2. The third kappa shape index (κ3) is 12.9. The average molecular weight is 1130 g/mol. The number of carbonyl (C=O) groups is 2. The van der Waals surface area contributed by atoms with E-state index < -0.39 is 12.2 Å². The highest BCUT2D eigenvalue weighted by Crippen LogP contribution is 2.51. The number of aromatic hydroxyl groups is 1. The number of hydrogen-bond acceptors (Lipinski definition) is 7. The number of anilines is 2. The molecule has 2 heterocycles. The van der Waals surface area contributed by atoms with Crippen LogP contribution in [0.2, 0.25) is 0 Å². The number of ether oxygens (including phenoxy) is 2. The standard InChI is InChI=1S/C37H32FNO4.C31H27BrFNO3/c38-29-17-14-26(15-18-29)34(41)21-20-33-36(39(37(33)42)30-11-5-2-6-12-30)32-19-16-28(27-10-7-13-31(40)22-27)23-35(32)43-24-25-8-3-1-4-9-25;32-23-13-16-26(29(19-23)37-20-21-7-3-1-4-8-21)30-27(31(36)34(30)25-9-5-2-6-10-25)17-18-28(35)22-11-14-24(33)15-12-22/h1-19,22-23,33-34,36,40-41H,20-21,24H2;1-16,19,27-28,30,35H,17-18,20H2/t33-,34+,36-;27-,28+,30-/m11/s1. The SMILES string of the molecule is O=C1[C@H](CC[C@H](O)c2ccc(F)cc2)[C@@H](c2ccc(-c3cccc(O)c3)cc2OCc2ccccc2)N1c1ccccc1.O=C1[C@H](CC[C@H](O)c2ccc(F)cc2)[C@@H](c2ccc(Br)cc2OCc2ccccc2)N1c1ccccc1. The smallest absolute Gasteiger partial charge is 0.233 e. The quantitative estimate of drug-likeness (QED) is 0.0690. The van der Waals surface area contributed by atoms with E-state index >= 15 is 0 Å². The Morgan fingerprint density at radius 3 is 1.32 bits per heavy atom. The van der Waals surface area contributed by atoms with Crippen molar-refractivity contribution in [1.29, 1.82) is 0 Å². The Kier molecular flexibility index (Phi) is 17.6.